The first kappa shape index (κ1) is 20.9. The van der Waals surface area contributed by atoms with Crippen LogP contribution < -0.4 is 10.5 Å². The van der Waals surface area contributed by atoms with Gasteiger partial charge in [-0.1, -0.05) is 61.9 Å². The number of unbranched alkanes of at least 4 members (excludes halogenated alkanes) is 2. The molecule has 0 aliphatic carbocycles. The van der Waals surface area contributed by atoms with E-state index in [-0.39, 0.29) is 23.1 Å². The zero-order valence-electron chi connectivity index (χ0n) is 15.2. The minimum Gasteiger partial charge on any atom is -0.488 e. The molecule has 0 heterocycles. The van der Waals surface area contributed by atoms with Gasteiger partial charge < -0.3 is 10.5 Å². The van der Waals surface area contributed by atoms with Gasteiger partial charge in [0.25, 0.3) is 0 Å². The number of nitrogens with zero attached hydrogens (tertiary/aromatic N) is 2. The number of hydrogen-bond acceptors (Lipinski definition) is 4. The Labute approximate surface area is 162 Å². The van der Waals surface area contributed by atoms with E-state index in [9.17, 15) is 8.78 Å². The summed E-state index contributed by atoms with van der Waals surface area (Å²) in [7, 11) is 0. The molecule has 0 unspecified atom stereocenters. The van der Waals surface area contributed by atoms with Crippen LogP contribution in [0.4, 0.5) is 8.78 Å². The lowest BCUT2D eigenvalue weighted by Gasteiger charge is -2.08. The van der Waals surface area contributed by atoms with Crippen molar-refractivity contribution in [2.45, 2.75) is 31.9 Å². The summed E-state index contributed by atoms with van der Waals surface area (Å²) in [5, 5.41) is 7.90. The van der Waals surface area contributed by atoms with E-state index in [1.54, 1.807) is 0 Å². The summed E-state index contributed by atoms with van der Waals surface area (Å²) in [6, 6.07) is 12.1. The van der Waals surface area contributed by atoms with Crippen LogP contribution in [-0.4, -0.2) is 18.0 Å². The molecule has 7 heteroatoms. The number of hydrogen-bond donors (Lipinski definition) is 1. The third-order valence-electron chi connectivity index (χ3n) is 3.61. The van der Waals surface area contributed by atoms with Gasteiger partial charge in [0.2, 0.25) is 0 Å². The molecule has 0 fully saturated rings. The first-order chi connectivity index (χ1) is 13.1. The van der Waals surface area contributed by atoms with E-state index >= 15 is 0 Å². The number of nitrogens with two attached hydrogens (primary N) is 1. The molecule has 0 bridgehead atoms. The third kappa shape index (κ3) is 7.38. The van der Waals surface area contributed by atoms with Crippen LogP contribution in [0.2, 0.25) is 0 Å². The molecule has 0 aliphatic rings. The Bertz CT molecular complexity index is 759. The molecule has 2 aromatic carbocycles. The average Bonchev–Trinajstić information content (AvgIpc) is 2.66. The first-order valence-electron chi connectivity index (χ1n) is 8.75. The van der Waals surface area contributed by atoms with Gasteiger partial charge in [0.15, 0.2) is 22.6 Å². The summed E-state index contributed by atoms with van der Waals surface area (Å²) in [5.74, 6) is -1.21. The van der Waals surface area contributed by atoms with Crippen LogP contribution in [0.25, 0.3) is 0 Å². The summed E-state index contributed by atoms with van der Waals surface area (Å²) < 4.78 is 33.2. The highest BCUT2D eigenvalue weighted by Gasteiger charge is 2.12. The number of ether oxygens (including phenoxy) is 1. The molecule has 144 valence electrons. The summed E-state index contributed by atoms with van der Waals surface area (Å²) in [6.07, 6.45) is 3.98. The summed E-state index contributed by atoms with van der Waals surface area (Å²) in [5.41, 5.74) is 7.14. The Balaban J connectivity index is 1.91. The molecule has 2 rings (SSSR count). The Hall–Kier alpha value is -2.41. The van der Waals surface area contributed by atoms with Crippen molar-refractivity contribution in [3.05, 3.63) is 65.2 Å². The summed E-state index contributed by atoms with van der Waals surface area (Å²) in [6.45, 7) is 2.33. The van der Waals surface area contributed by atoms with Gasteiger partial charge in [0.05, 0.1) is 12.8 Å². The van der Waals surface area contributed by atoms with Gasteiger partial charge >= 0.3 is 0 Å². The lowest BCUT2D eigenvalue weighted by atomic mass is 10.2. The number of halogens is 2. The van der Waals surface area contributed by atoms with Crippen LogP contribution in [0.15, 0.2) is 52.7 Å². The maximum atomic E-state index is 14.0. The molecule has 2 N–H and O–H groups in total. The lowest BCUT2D eigenvalue weighted by Crippen LogP contribution is -2.06. The number of thioether (sulfide) groups is 1. The van der Waals surface area contributed by atoms with Crippen molar-refractivity contribution in [1.82, 2.24) is 0 Å². The molecule has 0 spiro atoms. The minimum atomic E-state index is -0.761. The van der Waals surface area contributed by atoms with Gasteiger partial charge in [-0.2, -0.15) is 5.10 Å². The van der Waals surface area contributed by atoms with Crippen molar-refractivity contribution < 1.29 is 13.5 Å². The van der Waals surface area contributed by atoms with Crippen LogP contribution in [0.1, 0.15) is 37.3 Å². The van der Waals surface area contributed by atoms with Gasteiger partial charge in [-0.15, -0.1) is 5.10 Å². The fourth-order valence-corrected chi connectivity index (χ4v) is 2.84. The van der Waals surface area contributed by atoms with Crippen LogP contribution in [0, 0.1) is 11.6 Å². The number of rotatable bonds is 9. The molecule has 0 radical (unpaired) electrons. The van der Waals surface area contributed by atoms with Crippen LogP contribution in [0.3, 0.4) is 0 Å². The van der Waals surface area contributed by atoms with Gasteiger partial charge in [-0.3, -0.25) is 0 Å². The van der Waals surface area contributed by atoms with Crippen LogP contribution in [0.5, 0.6) is 5.75 Å². The molecular weight excluding hydrogens is 368 g/mol. The Morgan fingerprint density at radius 2 is 1.85 bits per heavy atom. The smallest absolute Gasteiger partial charge is 0.190 e. The second kappa shape index (κ2) is 11.3. The monoisotopic (exact) mass is 391 g/mol. The maximum absolute atomic E-state index is 14.0. The normalized spacial score (nSPS) is 11.9. The average molecular weight is 391 g/mol. The first-order valence-corrected chi connectivity index (χ1v) is 9.73. The van der Waals surface area contributed by atoms with E-state index in [4.69, 9.17) is 10.5 Å². The van der Waals surface area contributed by atoms with E-state index < -0.39 is 11.6 Å². The Morgan fingerprint density at radius 1 is 1.15 bits per heavy atom. The molecule has 4 nitrogen and oxygen atoms in total. The number of benzene rings is 2. The molecule has 0 saturated carbocycles. The van der Waals surface area contributed by atoms with Gasteiger partial charge in [-0.25, -0.2) is 8.78 Å². The molecular formula is C20H23F2N3OS. The van der Waals surface area contributed by atoms with Gasteiger partial charge in [-0.05, 0) is 24.1 Å². The fourth-order valence-electron chi connectivity index (χ4n) is 2.23. The standard InChI is InChI=1S/C20H23F2N3OS/c1-2-3-7-10-26-19-17(21)11-16(12-18(19)22)13-24-25-20(23)27-14-15-8-5-4-6-9-15/h4-6,8-9,11-13H,2-3,7,10,14H2,1H3,(H2,23,25). The van der Waals surface area contributed by atoms with Crippen molar-refractivity contribution in [1.29, 1.82) is 0 Å². The molecule has 0 amide bonds. The second-order valence-corrected chi connectivity index (χ2v) is 6.82. The van der Waals surface area contributed by atoms with Crippen molar-refractivity contribution in [3.8, 4) is 5.75 Å². The highest BCUT2D eigenvalue weighted by Crippen LogP contribution is 2.23. The highest BCUT2D eigenvalue weighted by molar-refractivity contribution is 8.13. The topological polar surface area (TPSA) is 60.0 Å². The van der Waals surface area contributed by atoms with Crippen molar-refractivity contribution in [2.24, 2.45) is 15.9 Å². The number of amidine groups is 1. The highest BCUT2D eigenvalue weighted by atomic mass is 32.2. The van der Waals surface area contributed by atoms with Crippen molar-refractivity contribution in [2.75, 3.05) is 6.61 Å². The maximum Gasteiger partial charge on any atom is 0.190 e. The van der Waals surface area contributed by atoms with E-state index in [2.05, 4.69) is 10.2 Å². The van der Waals surface area contributed by atoms with E-state index in [0.29, 0.717) is 5.75 Å². The zero-order valence-corrected chi connectivity index (χ0v) is 16.0. The predicted molar refractivity (Wildman–Crippen MR) is 108 cm³/mol. The molecule has 27 heavy (non-hydrogen) atoms. The zero-order chi connectivity index (χ0) is 19.5. The lowest BCUT2D eigenvalue weighted by molar-refractivity contribution is 0.276. The molecule has 0 atom stereocenters. The van der Waals surface area contributed by atoms with Crippen LogP contribution >= 0.6 is 11.8 Å². The molecule has 0 aliphatic heterocycles. The van der Waals surface area contributed by atoms with Crippen molar-refractivity contribution in [3.63, 3.8) is 0 Å². The van der Waals surface area contributed by atoms with E-state index in [0.717, 1.165) is 37.0 Å². The van der Waals surface area contributed by atoms with Crippen molar-refractivity contribution >= 4 is 23.1 Å². The van der Waals surface area contributed by atoms with E-state index in [1.165, 1.54) is 18.0 Å². The SMILES string of the molecule is CCCCCOc1c(F)cc(C=NN=C(N)SCc2ccccc2)cc1F. The largest absolute Gasteiger partial charge is 0.488 e. The summed E-state index contributed by atoms with van der Waals surface area (Å²) in [4.78, 5) is 0. The quantitative estimate of drug-likeness (QED) is 0.279. The fraction of sp³-hybridized carbons (Fsp3) is 0.300. The minimum absolute atomic E-state index is 0.246. The van der Waals surface area contributed by atoms with Gasteiger partial charge in [0.1, 0.15) is 0 Å². The predicted octanol–water partition coefficient (Wildman–Crippen LogP) is 5.12. The second-order valence-electron chi connectivity index (χ2n) is 5.83. The molecule has 0 saturated heterocycles. The molecule has 2 aromatic rings. The van der Waals surface area contributed by atoms with Gasteiger partial charge in [0, 0.05) is 11.3 Å². The molecule has 0 aromatic heterocycles. The Morgan fingerprint density at radius 3 is 2.52 bits per heavy atom. The third-order valence-corrected chi connectivity index (χ3v) is 4.46. The van der Waals surface area contributed by atoms with E-state index in [1.807, 2.05) is 37.3 Å². The van der Waals surface area contributed by atoms with Crippen LogP contribution in [-0.2, 0) is 5.75 Å². The Kier molecular flexibility index (Phi) is 8.77. The summed E-state index contributed by atoms with van der Waals surface area (Å²) >= 11 is 1.33.